The third-order valence-electron chi connectivity index (χ3n) is 13.9. The lowest BCUT2D eigenvalue weighted by atomic mass is 9.85. The van der Waals surface area contributed by atoms with E-state index < -0.39 is 23.7 Å². The number of fused-ring (bicyclic) bond motifs is 2. The van der Waals surface area contributed by atoms with Crippen LogP contribution in [0.5, 0.6) is 0 Å². The minimum Gasteiger partial charge on any atom is -0.481 e. The van der Waals surface area contributed by atoms with Gasteiger partial charge in [-0.15, -0.1) is 20.4 Å². The molecule has 4 aliphatic rings. The van der Waals surface area contributed by atoms with Crippen molar-refractivity contribution in [2.45, 2.75) is 115 Å². The maximum atomic E-state index is 13.6. The number of nitrogens with zero attached hydrogens (tertiary/aromatic N) is 9. The standard InChI is InChI=1S/C26H29F2N5O.C19H21N5.C7H10F2O2/c1-17-16-33(25(34)20-8-11-26(27,28)12-9-20)18(2)15-32(17)24-22-14-29-13-10-21(22)23(30-31-24)19-6-4-3-5-7-19;1-13-12-24(14(2)10-21-13)19-17-11-20-9-8-16(17)18(22-23-19)15-6-4-3-5-7-15;8-7(9)3-1-5(2-4-7)6(10)11/h3-7,10,13-14,17-18,20H,8-9,11-12,15-16H2,1-2H3;3-9,11,13-14,21H,10,12H2,1-2H3;5H,1-4H2,(H,10,11)/t17-,18+;;/m0../s1. The first-order valence-corrected chi connectivity index (χ1v) is 24.0. The molecule has 69 heavy (non-hydrogen) atoms. The molecule has 0 bridgehead atoms. The molecule has 10 rings (SSSR count). The van der Waals surface area contributed by atoms with Gasteiger partial charge in [0.15, 0.2) is 11.6 Å². The first kappa shape index (κ1) is 49.1. The molecule has 17 heteroatoms. The van der Waals surface area contributed by atoms with E-state index in [1.165, 1.54) is 0 Å². The molecule has 2 N–H and O–H groups in total. The number of aliphatic carboxylic acids is 1. The lowest BCUT2D eigenvalue weighted by Gasteiger charge is -2.46. The normalized spacial score (nSPS) is 22.8. The van der Waals surface area contributed by atoms with Crippen molar-refractivity contribution in [1.82, 2.24) is 40.6 Å². The van der Waals surface area contributed by atoms with Crippen molar-refractivity contribution in [3.05, 3.63) is 97.6 Å². The molecule has 2 aliphatic carbocycles. The lowest BCUT2D eigenvalue weighted by Crippen LogP contribution is -2.59. The summed E-state index contributed by atoms with van der Waals surface area (Å²) in [6.45, 7) is 11.5. The lowest BCUT2D eigenvalue weighted by molar-refractivity contribution is -0.146. The van der Waals surface area contributed by atoms with Gasteiger partial charge in [-0.1, -0.05) is 60.7 Å². The number of hydrogen-bond acceptors (Lipinski definition) is 11. The van der Waals surface area contributed by atoms with Gasteiger partial charge < -0.3 is 25.1 Å². The molecule has 4 fully saturated rings. The number of aromatic nitrogens is 6. The molecule has 1 amide bonds. The summed E-state index contributed by atoms with van der Waals surface area (Å²) < 4.78 is 52.0. The number of carboxylic acids is 1. The van der Waals surface area contributed by atoms with Gasteiger partial charge in [-0.25, -0.2) is 17.6 Å². The van der Waals surface area contributed by atoms with E-state index >= 15 is 0 Å². The van der Waals surface area contributed by atoms with Crippen molar-refractivity contribution >= 4 is 45.1 Å². The van der Waals surface area contributed by atoms with Crippen molar-refractivity contribution < 1.29 is 32.3 Å². The van der Waals surface area contributed by atoms with Crippen LogP contribution in [-0.2, 0) is 9.59 Å². The number of nitrogens with one attached hydrogen (secondary N) is 1. The number of carboxylic acid groups (broad SMARTS) is 1. The van der Waals surface area contributed by atoms with Crippen LogP contribution in [0.3, 0.4) is 0 Å². The SMILES string of the molecule is CC1CN(c2nnc(-c3ccccc3)c3ccncc23)C(C)CN1.C[C@@H]1CN(c2nnc(-c3ccccc3)c3ccncc23)[C@@H](C)CN1C(=O)C1CCC(F)(F)CC1.O=C(O)C1CCC(F)(F)CC1. The van der Waals surface area contributed by atoms with Crippen LogP contribution in [-0.4, -0.2) is 114 Å². The molecule has 4 aromatic heterocycles. The predicted octanol–water partition coefficient (Wildman–Crippen LogP) is 9.72. The first-order chi connectivity index (χ1) is 33.1. The maximum Gasteiger partial charge on any atom is 0.306 e. The van der Waals surface area contributed by atoms with E-state index in [1.54, 1.807) is 6.20 Å². The molecule has 2 unspecified atom stereocenters. The Kier molecular flexibility index (Phi) is 15.0. The average Bonchev–Trinajstić information content (AvgIpc) is 3.35. The van der Waals surface area contributed by atoms with Gasteiger partial charge in [-0.05, 0) is 65.5 Å². The van der Waals surface area contributed by atoms with E-state index in [0.717, 1.165) is 68.8 Å². The van der Waals surface area contributed by atoms with Crippen molar-refractivity contribution in [2.75, 3.05) is 36.0 Å². The average molecular weight is 949 g/mol. The van der Waals surface area contributed by atoms with Gasteiger partial charge in [0.25, 0.3) is 0 Å². The second-order valence-electron chi connectivity index (χ2n) is 19.1. The van der Waals surface area contributed by atoms with Crippen molar-refractivity contribution in [3.8, 4) is 22.5 Å². The summed E-state index contributed by atoms with van der Waals surface area (Å²) >= 11 is 0. The number of piperazine rings is 2. The zero-order chi connectivity index (χ0) is 48.9. The smallest absolute Gasteiger partial charge is 0.306 e. The van der Waals surface area contributed by atoms with E-state index in [0.29, 0.717) is 25.2 Å². The number of anilines is 2. The molecule has 364 valence electrons. The summed E-state index contributed by atoms with van der Waals surface area (Å²) in [7, 11) is 0. The van der Waals surface area contributed by atoms with E-state index in [9.17, 15) is 27.2 Å². The summed E-state index contributed by atoms with van der Waals surface area (Å²) in [5, 5.41) is 34.4. The Bertz CT molecular complexity index is 2700. The highest BCUT2D eigenvalue weighted by Gasteiger charge is 2.42. The summed E-state index contributed by atoms with van der Waals surface area (Å²) in [6, 6.07) is 24.9. The molecule has 13 nitrogen and oxygen atoms in total. The minimum absolute atomic E-state index is 0.00506. The highest BCUT2D eigenvalue weighted by Crippen LogP contribution is 2.39. The summed E-state index contributed by atoms with van der Waals surface area (Å²) in [6.07, 6.45) is 7.12. The quantitative estimate of drug-likeness (QED) is 0.153. The second-order valence-corrected chi connectivity index (χ2v) is 19.1. The molecule has 2 aromatic carbocycles. The van der Waals surface area contributed by atoms with Crippen molar-refractivity contribution in [3.63, 3.8) is 0 Å². The predicted molar refractivity (Wildman–Crippen MR) is 259 cm³/mol. The van der Waals surface area contributed by atoms with Crippen molar-refractivity contribution in [1.29, 1.82) is 0 Å². The number of carbonyl (C=O) groups is 2. The van der Waals surface area contributed by atoms with Gasteiger partial charge in [0.05, 0.1) is 5.92 Å². The Morgan fingerprint density at radius 3 is 1.52 bits per heavy atom. The van der Waals surface area contributed by atoms with Gasteiger partial charge in [-0.3, -0.25) is 19.6 Å². The molecular weight excluding hydrogens is 889 g/mol. The van der Waals surface area contributed by atoms with Gasteiger partial charge >= 0.3 is 5.97 Å². The van der Waals surface area contributed by atoms with E-state index in [4.69, 9.17) is 5.11 Å². The largest absolute Gasteiger partial charge is 0.481 e. The van der Waals surface area contributed by atoms with Crippen molar-refractivity contribution in [2.24, 2.45) is 11.8 Å². The molecule has 6 heterocycles. The second kappa shape index (κ2) is 21.1. The summed E-state index contributed by atoms with van der Waals surface area (Å²) in [5.41, 5.74) is 3.79. The first-order valence-electron chi connectivity index (χ1n) is 24.0. The third kappa shape index (κ3) is 11.4. The molecule has 4 atom stereocenters. The molecular formula is C52H60F4N10O3. The monoisotopic (exact) mass is 948 g/mol. The number of amides is 1. The third-order valence-corrected chi connectivity index (χ3v) is 13.9. The number of carbonyl (C=O) groups excluding carboxylic acids is 1. The highest BCUT2D eigenvalue weighted by atomic mass is 19.3. The van der Waals surface area contributed by atoms with Crippen LogP contribution < -0.4 is 15.1 Å². The van der Waals surface area contributed by atoms with Crippen LogP contribution in [0.1, 0.15) is 79.1 Å². The fourth-order valence-electron chi connectivity index (χ4n) is 9.87. The molecule has 2 saturated heterocycles. The van der Waals surface area contributed by atoms with Gasteiger partial charge in [0, 0.05) is 139 Å². The van der Waals surface area contributed by atoms with Gasteiger partial charge in [-0.2, -0.15) is 0 Å². The molecule has 2 aliphatic heterocycles. The number of rotatable bonds is 6. The zero-order valence-corrected chi connectivity index (χ0v) is 39.5. The molecule has 0 spiro atoms. The molecule has 6 aromatic rings. The van der Waals surface area contributed by atoms with Crippen LogP contribution in [0.15, 0.2) is 97.6 Å². The van der Waals surface area contributed by atoms with Gasteiger partial charge in [0.2, 0.25) is 17.8 Å². The fraction of sp³-hybridized carbons (Fsp3) is 0.462. The maximum absolute atomic E-state index is 13.6. The molecule has 2 saturated carbocycles. The van der Waals surface area contributed by atoms with Gasteiger partial charge in [0.1, 0.15) is 11.4 Å². The number of hydrogen-bond donors (Lipinski definition) is 2. The van der Waals surface area contributed by atoms with E-state index in [1.807, 2.05) is 91.1 Å². The summed E-state index contributed by atoms with van der Waals surface area (Å²) in [4.78, 5) is 38.6. The molecule has 0 radical (unpaired) electrons. The number of pyridine rings is 2. The van der Waals surface area contributed by atoms with Crippen LogP contribution in [0.25, 0.3) is 44.1 Å². The van der Waals surface area contributed by atoms with E-state index in [-0.39, 0.29) is 75.3 Å². The Morgan fingerprint density at radius 2 is 1.04 bits per heavy atom. The van der Waals surface area contributed by atoms with Crippen LogP contribution in [0, 0.1) is 11.8 Å². The minimum atomic E-state index is -2.63. The van der Waals surface area contributed by atoms with Crippen LogP contribution in [0.4, 0.5) is 29.2 Å². The zero-order valence-electron chi connectivity index (χ0n) is 39.5. The Morgan fingerprint density at radius 1 is 0.580 bits per heavy atom. The summed E-state index contributed by atoms with van der Waals surface area (Å²) in [5.74, 6) is -5.36. The van der Waals surface area contributed by atoms with Crippen LogP contribution >= 0.6 is 0 Å². The highest BCUT2D eigenvalue weighted by molar-refractivity contribution is 6.01. The number of halogens is 4. The number of benzene rings is 2. The Hall–Kier alpha value is -6.36. The Balaban J connectivity index is 0.000000158. The van der Waals surface area contributed by atoms with E-state index in [2.05, 4.69) is 78.4 Å². The Labute approximate surface area is 399 Å². The van der Waals surface area contributed by atoms with Crippen LogP contribution in [0.2, 0.25) is 0 Å². The topological polar surface area (TPSA) is 153 Å². The fourth-order valence-corrected chi connectivity index (χ4v) is 9.87. The number of alkyl halides is 4.